The van der Waals surface area contributed by atoms with E-state index in [1.165, 1.54) is 0 Å². The van der Waals surface area contributed by atoms with Crippen LogP contribution in [0.5, 0.6) is 0 Å². The molecule has 1 heterocycles. The minimum absolute atomic E-state index is 0. The highest BCUT2D eigenvalue weighted by Gasteiger charge is 2.41. The van der Waals surface area contributed by atoms with Crippen LogP contribution < -0.4 is 5.73 Å². The third-order valence-electron chi connectivity index (χ3n) is 1.95. The van der Waals surface area contributed by atoms with E-state index in [2.05, 4.69) is 0 Å². The Balaban J connectivity index is 0.00000144. The average Bonchev–Trinajstić information content (AvgIpc) is 2.08. The Kier molecular flexibility index (Phi) is 5.08. The summed E-state index contributed by atoms with van der Waals surface area (Å²) in [6.07, 6.45) is -4.85. The standard InChI is InChI=1S/C6H13NO5.ClH/c7-3-5(10)4(9)2(1-8)12-6(3)11;/h2-6,8-11H,1,7H2;1H/t2-,3+,4-,5-,6?;/m1./s1. The van der Waals surface area contributed by atoms with Crippen LogP contribution in [-0.2, 0) is 4.74 Å². The van der Waals surface area contributed by atoms with Crippen LogP contribution in [-0.4, -0.2) is 57.7 Å². The molecule has 0 aromatic heterocycles. The maximum atomic E-state index is 9.20. The Morgan fingerprint density at radius 3 is 2.15 bits per heavy atom. The van der Waals surface area contributed by atoms with Crippen molar-refractivity contribution in [1.82, 2.24) is 0 Å². The number of hydrogen-bond acceptors (Lipinski definition) is 6. The van der Waals surface area contributed by atoms with E-state index in [1.54, 1.807) is 0 Å². The van der Waals surface area contributed by atoms with Crippen molar-refractivity contribution in [2.24, 2.45) is 5.73 Å². The summed E-state index contributed by atoms with van der Waals surface area (Å²) in [7, 11) is 0. The molecule has 1 aliphatic heterocycles. The topological polar surface area (TPSA) is 116 Å². The lowest BCUT2D eigenvalue weighted by Gasteiger charge is -2.38. The average molecular weight is 216 g/mol. The van der Waals surface area contributed by atoms with Gasteiger partial charge in [-0.3, -0.25) is 0 Å². The number of ether oxygens (including phenoxy) is 1. The molecular formula is C6H14ClNO5. The van der Waals surface area contributed by atoms with Gasteiger partial charge in [0.1, 0.15) is 18.3 Å². The van der Waals surface area contributed by atoms with Gasteiger partial charge in [0.25, 0.3) is 0 Å². The Hall–Kier alpha value is 0.0500. The van der Waals surface area contributed by atoms with Crippen molar-refractivity contribution in [2.45, 2.75) is 30.6 Å². The van der Waals surface area contributed by atoms with Gasteiger partial charge in [-0.25, -0.2) is 0 Å². The Morgan fingerprint density at radius 1 is 1.15 bits per heavy atom. The number of nitrogens with two attached hydrogens (primary N) is 1. The van der Waals surface area contributed by atoms with Crippen molar-refractivity contribution < 1.29 is 25.2 Å². The molecule has 13 heavy (non-hydrogen) atoms. The molecule has 6 nitrogen and oxygen atoms in total. The van der Waals surface area contributed by atoms with Crippen LogP contribution in [0.1, 0.15) is 0 Å². The zero-order valence-electron chi connectivity index (χ0n) is 6.78. The van der Waals surface area contributed by atoms with Gasteiger partial charge >= 0.3 is 0 Å². The highest BCUT2D eigenvalue weighted by molar-refractivity contribution is 5.85. The molecule has 0 amide bonds. The molecule has 0 aliphatic carbocycles. The summed E-state index contributed by atoms with van der Waals surface area (Å²) in [6.45, 7) is -0.470. The summed E-state index contributed by atoms with van der Waals surface area (Å²) < 4.78 is 4.70. The molecule has 80 valence electrons. The third-order valence-corrected chi connectivity index (χ3v) is 1.95. The zero-order valence-corrected chi connectivity index (χ0v) is 7.59. The molecule has 0 bridgehead atoms. The molecule has 5 atom stereocenters. The Bertz CT molecular complexity index is 155. The van der Waals surface area contributed by atoms with Crippen molar-refractivity contribution >= 4 is 12.4 Å². The number of aliphatic hydroxyl groups excluding tert-OH is 4. The monoisotopic (exact) mass is 215 g/mol. The van der Waals surface area contributed by atoms with E-state index in [9.17, 15) is 10.2 Å². The molecule has 1 saturated heterocycles. The van der Waals surface area contributed by atoms with Crippen LogP contribution in [0.15, 0.2) is 0 Å². The lowest BCUT2D eigenvalue weighted by Crippen LogP contribution is -2.61. The highest BCUT2D eigenvalue weighted by Crippen LogP contribution is 2.17. The van der Waals surface area contributed by atoms with Crippen LogP contribution in [0.2, 0.25) is 0 Å². The van der Waals surface area contributed by atoms with Gasteiger partial charge in [-0.15, -0.1) is 12.4 Å². The van der Waals surface area contributed by atoms with Crippen molar-refractivity contribution in [3.8, 4) is 0 Å². The van der Waals surface area contributed by atoms with Crippen LogP contribution in [0, 0.1) is 0 Å². The third kappa shape index (κ3) is 2.50. The van der Waals surface area contributed by atoms with E-state index in [1.807, 2.05) is 0 Å². The smallest absolute Gasteiger partial charge is 0.173 e. The van der Waals surface area contributed by atoms with Gasteiger partial charge in [0.15, 0.2) is 6.29 Å². The van der Waals surface area contributed by atoms with Crippen LogP contribution in [0.3, 0.4) is 0 Å². The van der Waals surface area contributed by atoms with E-state index in [4.69, 9.17) is 20.7 Å². The minimum Gasteiger partial charge on any atom is -0.394 e. The molecule has 1 unspecified atom stereocenters. The van der Waals surface area contributed by atoms with Crippen LogP contribution in [0.4, 0.5) is 0 Å². The summed E-state index contributed by atoms with van der Waals surface area (Å²) in [4.78, 5) is 0. The highest BCUT2D eigenvalue weighted by atomic mass is 35.5. The SMILES string of the molecule is Cl.N[C@@H]1C(O)O[C@H](CO)[C@@H](O)[C@@H]1O. The molecule has 0 aromatic rings. The summed E-state index contributed by atoms with van der Waals surface area (Å²) >= 11 is 0. The van der Waals surface area contributed by atoms with Gasteiger partial charge in [-0.2, -0.15) is 0 Å². The Labute approximate surface area is 81.3 Å². The van der Waals surface area contributed by atoms with Gasteiger partial charge < -0.3 is 30.9 Å². The number of rotatable bonds is 1. The van der Waals surface area contributed by atoms with Crippen molar-refractivity contribution in [3.63, 3.8) is 0 Å². The normalized spacial score (nSPS) is 45.5. The molecule has 1 aliphatic rings. The van der Waals surface area contributed by atoms with E-state index in [-0.39, 0.29) is 12.4 Å². The fraction of sp³-hybridized carbons (Fsp3) is 1.00. The van der Waals surface area contributed by atoms with Crippen molar-refractivity contribution in [3.05, 3.63) is 0 Å². The second-order valence-electron chi connectivity index (χ2n) is 2.81. The second-order valence-corrected chi connectivity index (χ2v) is 2.81. The van der Waals surface area contributed by atoms with Crippen LogP contribution >= 0.6 is 12.4 Å². The van der Waals surface area contributed by atoms with E-state index >= 15 is 0 Å². The predicted molar refractivity (Wildman–Crippen MR) is 45.2 cm³/mol. The lowest BCUT2D eigenvalue weighted by molar-refractivity contribution is -0.248. The molecule has 7 heteroatoms. The first-order valence-corrected chi connectivity index (χ1v) is 3.64. The second kappa shape index (κ2) is 5.06. The quantitative estimate of drug-likeness (QED) is 0.322. The Morgan fingerprint density at radius 2 is 1.69 bits per heavy atom. The van der Waals surface area contributed by atoms with E-state index in [0.29, 0.717) is 0 Å². The molecule has 1 fully saturated rings. The molecule has 0 saturated carbocycles. The maximum Gasteiger partial charge on any atom is 0.173 e. The predicted octanol–water partition coefficient (Wildman–Crippen LogP) is -2.83. The minimum atomic E-state index is -1.35. The first kappa shape index (κ1) is 13.1. The summed E-state index contributed by atoms with van der Waals surface area (Å²) in [5.74, 6) is 0. The lowest BCUT2D eigenvalue weighted by atomic mass is 9.98. The maximum absolute atomic E-state index is 9.20. The molecular weight excluding hydrogens is 202 g/mol. The first-order valence-electron chi connectivity index (χ1n) is 3.64. The largest absolute Gasteiger partial charge is 0.394 e. The molecule has 6 N–H and O–H groups in total. The fourth-order valence-electron chi connectivity index (χ4n) is 1.12. The van der Waals surface area contributed by atoms with Gasteiger partial charge in [0.2, 0.25) is 0 Å². The fourth-order valence-corrected chi connectivity index (χ4v) is 1.12. The molecule has 0 radical (unpaired) electrons. The zero-order chi connectivity index (χ0) is 9.30. The van der Waals surface area contributed by atoms with Gasteiger partial charge in [0.05, 0.1) is 12.6 Å². The molecule has 0 spiro atoms. The summed E-state index contributed by atoms with van der Waals surface area (Å²) in [6, 6.07) is -1.04. The van der Waals surface area contributed by atoms with E-state index < -0.39 is 37.3 Å². The first-order chi connectivity index (χ1) is 5.57. The van der Waals surface area contributed by atoms with Crippen LogP contribution in [0.25, 0.3) is 0 Å². The summed E-state index contributed by atoms with van der Waals surface area (Å²) in [5, 5.41) is 36.1. The van der Waals surface area contributed by atoms with Gasteiger partial charge in [0, 0.05) is 0 Å². The van der Waals surface area contributed by atoms with Gasteiger partial charge in [-0.05, 0) is 0 Å². The molecule has 0 aromatic carbocycles. The number of hydrogen-bond donors (Lipinski definition) is 5. The van der Waals surface area contributed by atoms with Crippen molar-refractivity contribution in [2.75, 3.05) is 6.61 Å². The van der Waals surface area contributed by atoms with Gasteiger partial charge in [-0.1, -0.05) is 0 Å². The van der Waals surface area contributed by atoms with Crippen molar-refractivity contribution in [1.29, 1.82) is 0 Å². The summed E-state index contributed by atoms with van der Waals surface area (Å²) in [5.41, 5.74) is 5.26. The number of halogens is 1. The van der Waals surface area contributed by atoms with E-state index in [0.717, 1.165) is 0 Å². The number of aliphatic hydroxyl groups is 4. The molecule has 1 rings (SSSR count).